The van der Waals surface area contributed by atoms with E-state index in [0.29, 0.717) is 15.8 Å². The van der Waals surface area contributed by atoms with E-state index < -0.39 is 15.9 Å². The molecule has 0 spiro atoms. The number of hydrogen-bond acceptors (Lipinski definition) is 4. The van der Waals surface area contributed by atoms with Crippen LogP contribution >= 0.6 is 22.9 Å². The van der Waals surface area contributed by atoms with E-state index in [0.717, 1.165) is 19.3 Å². The molecule has 0 saturated heterocycles. The number of rotatable bonds is 4. The van der Waals surface area contributed by atoms with Crippen molar-refractivity contribution in [1.29, 1.82) is 0 Å². The van der Waals surface area contributed by atoms with Crippen LogP contribution in [0.5, 0.6) is 0 Å². The number of benzene rings is 1. The molecule has 1 aromatic carbocycles. The molecule has 128 valence electrons. The van der Waals surface area contributed by atoms with Crippen LogP contribution in [0.1, 0.15) is 33.5 Å². The summed E-state index contributed by atoms with van der Waals surface area (Å²) >= 11 is 7.18. The zero-order valence-electron chi connectivity index (χ0n) is 13.0. The lowest BCUT2D eigenvalue weighted by molar-refractivity contribution is 0.0949. The first kappa shape index (κ1) is 17.4. The lowest BCUT2D eigenvalue weighted by Crippen LogP contribution is -2.41. The monoisotopic (exact) mass is 384 g/mol. The van der Waals surface area contributed by atoms with Gasteiger partial charge in [-0.1, -0.05) is 18.5 Å². The van der Waals surface area contributed by atoms with E-state index >= 15 is 0 Å². The van der Waals surface area contributed by atoms with E-state index in [4.69, 9.17) is 11.6 Å². The Morgan fingerprint density at radius 2 is 2.00 bits per heavy atom. The van der Waals surface area contributed by atoms with Gasteiger partial charge in [-0.3, -0.25) is 10.2 Å². The highest BCUT2D eigenvalue weighted by Crippen LogP contribution is 2.32. The fraction of sp³-hybridized carbons (Fsp3) is 0.312. The van der Waals surface area contributed by atoms with Gasteiger partial charge in [-0.2, -0.15) is 0 Å². The van der Waals surface area contributed by atoms with E-state index in [2.05, 4.69) is 17.2 Å². The maximum absolute atomic E-state index is 12.2. The molecule has 2 aromatic rings. The third-order valence-corrected chi connectivity index (χ3v) is 6.73. The van der Waals surface area contributed by atoms with E-state index in [1.807, 2.05) is 6.07 Å². The molecule has 1 atom stereocenters. The number of carbonyl (C=O) groups is 1. The molecule has 0 fully saturated rings. The molecule has 1 aliphatic carbocycles. The fourth-order valence-electron chi connectivity index (χ4n) is 2.67. The van der Waals surface area contributed by atoms with Crippen LogP contribution in [0, 0.1) is 5.92 Å². The van der Waals surface area contributed by atoms with E-state index in [1.54, 1.807) is 0 Å². The molecule has 0 aliphatic heterocycles. The number of thiophene rings is 1. The Morgan fingerprint density at radius 3 is 2.71 bits per heavy atom. The van der Waals surface area contributed by atoms with Gasteiger partial charge in [0.15, 0.2) is 0 Å². The number of nitrogens with one attached hydrogen (secondary N) is 2. The number of hydrazine groups is 1. The number of hydrogen-bond donors (Lipinski definition) is 2. The number of sulfonamides is 1. The van der Waals surface area contributed by atoms with Gasteiger partial charge >= 0.3 is 0 Å². The van der Waals surface area contributed by atoms with Gasteiger partial charge in [0, 0.05) is 9.90 Å². The maximum Gasteiger partial charge on any atom is 0.276 e. The topological polar surface area (TPSA) is 75.3 Å². The molecular formula is C16H17ClN2O3S2. The van der Waals surface area contributed by atoms with Crippen LogP contribution < -0.4 is 10.3 Å². The van der Waals surface area contributed by atoms with Crippen LogP contribution in [0.4, 0.5) is 0 Å². The van der Waals surface area contributed by atoms with Crippen LogP contribution in [0.15, 0.2) is 35.2 Å². The summed E-state index contributed by atoms with van der Waals surface area (Å²) in [5.74, 6) is 0.172. The van der Waals surface area contributed by atoms with Crippen molar-refractivity contribution in [2.24, 2.45) is 5.92 Å². The largest absolute Gasteiger partial charge is 0.276 e. The zero-order valence-corrected chi connectivity index (χ0v) is 15.4. The van der Waals surface area contributed by atoms with Crippen LogP contribution in [-0.4, -0.2) is 14.3 Å². The Labute approximate surface area is 150 Å². The molecule has 1 aliphatic rings. The van der Waals surface area contributed by atoms with Gasteiger partial charge < -0.3 is 0 Å². The minimum absolute atomic E-state index is 0.0338. The molecular weight excluding hydrogens is 368 g/mol. The normalized spacial score (nSPS) is 17.3. The van der Waals surface area contributed by atoms with Gasteiger partial charge in [0.1, 0.15) is 0 Å². The predicted molar refractivity (Wildman–Crippen MR) is 94.7 cm³/mol. The molecule has 1 heterocycles. The Bertz CT molecular complexity index is 860. The molecule has 3 rings (SSSR count). The molecule has 24 heavy (non-hydrogen) atoms. The lowest BCUT2D eigenvalue weighted by atomic mass is 9.90. The van der Waals surface area contributed by atoms with Gasteiger partial charge in [0.2, 0.25) is 0 Å². The summed E-state index contributed by atoms with van der Waals surface area (Å²) in [5.41, 5.74) is 3.47. The van der Waals surface area contributed by atoms with Crippen molar-refractivity contribution in [3.05, 3.63) is 50.7 Å². The number of halogens is 1. The van der Waals surface area contributed by atoms with Gasteiger partial charge in [-0.05, 0) is 61.1 Å². The summed E-state index contributed by atoms with van der Waals surface area (Å²) in [5, 5.41) is 0.441. The Hall–Kier alpha value is -1.41. The minimum Gasteiger partial charge on any atom is -0.273 e. The summed E-state index contributed by atoms with van der Waals surface area (Å²) < 4.78 is 24.3. The summed E-state index contributed by atoms with van der Waals surface area (Å²) in [6, 6.07) is 7.57. The van der Waals surface area contributed by atoms with Crippen molar-refractivity contribution < 1.29 is 13.2 Å². The van der Waals surface area contributed by atoms with Gasteiger partial charge in [0.05, 0.1) is 9.77 Å². The summed E-state index contributed by atoms with van der Waals surface area (Å²) in [4.78, 5) is 16.1. The summed E-state index contributed by atoms with van der Waals surface area (Å²) in [7, 11) is -3.83. The molecule has 0 radical (unpaired) electrons. The van der Waals surface area contributed by atoms with E-state index in [9.17, 15) is 13.2 Å². The van der Waals surface area contributed by atoms with Crippen LogP contribution in [0.2, 0.25) is 5.02 Å². The second-order valence-corrected chi connectivity index (χ2v) is 9.18. The fourth-order valence-corrected chi connectivity index (χ4v) is 4.73. The van der Waals surface area contributed by atoms with Crippen LogP contribution in [0.25, 0.3) is 0 Å². The first-order chi connectivity index (χ1) is 11.3. The van der Waals surface area contributed by atoms with Crippen molar-refractivity contribution in [2.75, 3.05) is 0 Å². The summed E-state index contributed by atoms with van der Waals surface area (Å²) in [6.07, 6.45) is 3.07. The molecule has 2 N–H and O–H groups in total. The predicted octanol–water partition coefficient (Wildman–Crippen LogP) is 3.15. The standard InChI is InChI=1S/C16H17ClN2O3S2/c1-10-2-7-14-11(8-10)9-15(23-14)16(20)18-19-24(21,22)13-5-3-12(17)4-6-13/h3-6,9-10,19H,2,7-8H2,1H3,(H,18,20)/t10-/m1/s1. The molecule has 0 saturated carbocycles. The third-order valence-electron chi connectivity index (χ3n) is 3.98. The molecule has 0 bridgehead atoms. The number of amides is 1. The Kier molecular flexibility index (Phi) is 4.96. The van der Waals surface area contributed by atoms with Crippen molar-refractivity contribution in [3.63, 3.8) is 0 Å². The minimum atomic E-state index is -3.83. The first-order valence-corrected chi connectivity index (χ1v) is 10.2. The number of aryl methyl sites for hydroxylation is 1. The smallest absolute Gasteiger partial charge is 0.273 e. The second kappa shape index (κ2) is 6.84. The molecule has 0 unspecified atom stereocenters. The Balaban J connectivity index is 1.68. The number of carbonyl (C=O) groups excluding carboxylic acids is 1. The average molecular weight is 385 g/mol. The molecule has 1 aromatic heterocycles. The van der Waals surface area contributed by atoms with Crippen molar-refractivity contribution in [2.45, 2.75) is 31.1 Å². The Morgan fingerprint density at radius 1 is 1.29 bits per heavy atom. The number of fused-ring (bicyclic) bond motifs is 1. The van der Waals surface area contributed by atoms with Crippen molar-refractivity contribution >= 4 is 38.9 Å². The SMILES string of the molecule is C[C@@H]1CCc2sc(C(=O)NNS(=O)(=O)c3ccc(Cl)cc3)cc2C1. The van der Waals surface area contributed by atoms with E-state index in [-0.39, 0.29) is 4.90 Å². The van der Waals surface area contributed by atoms with Crippen LogP contribution in [0.3, 0.4) is 0 Å². The van der Waals surface area contributed by atoms with Gasteiger partial charge in [0.25, 0.3) is 15.9 Å². The van der Waals surface area contributed by atoms with Gasteiger partial charge in [-0.25, -0.2) is 8.42 Å². The molecule has 5 nitrogen and oxygen atoms in total. The quantitative estimate of drug-likeness (QED) is 0.795. The van der Waals surface area contributed by atoms with E-state index in [1.165, 1.54) is 46.0 Å². The lowest BCUT2D eigenvalue weighted by Gasteiger charge is -2.16. The van der Waals surface area contributed by atoms with Crippen LogP contribution in [-0.2, 0) is 22.9 Å². The molecule has 1 amide bonds. The highest BCUT2D eigenvalue weighted by Gasteiger charge is 2.22. The van der Waals surface area contributed by atoms with Crippen molar-refractivity contribution in [1.82, 2.24) is 10.3 Å². The van der Waals surface area contributed by atoms with Crippen molar-refractivity contribution in [3.8, 4) is 0 Å². The maximum atomic E-state index is 12.2. The summed E-state index contributed by atoms with van der Waals surface area (Å²) in [6.45, 7) is 2.20. The van der Waals surface area contributed by atoms with Gasteiger partial charge in [-0.15, -0.1) is 16.2 Å². The average Bonchev–Trinajstić information content (AvgIpc) is 2.96. The first-order valence-electron chi connectivity index (χ1n) is 7.54. The molecule has 8 heteroatoms. The highest BCUT2D eigenvalue weighted by molar-refractivity contribution is 7.89. The zero-order chi connectivity index (χ0) is 17.3. The second-order valence-electron chi connectivity index (χ2n) is 5.92. The third kappa shape index (κ3) is 3.80. The highest BCUT2D eigenvalue weighted by atomic mass is 35.5.